The van der Waals surface area contributed by atoms with Crippen LogP contribution in [0.2, 0.25) is 5.02 Å². The fourth-order valence-corrected chi connectivity index (χ4v) is 2.66. The lowest BCUT2D eigenvalue weighted by Gasteiger charge is -2.39. The van der Waals surface area contributed by atoms with Gasteiger partial charge in [-0.05, 0) is 25.6 Å². The zero-order chi connectivity index (χ0) is 14.7. The minimum atomic E-state index is -0.144. The number of nitrogens with two attached hydrogens (primary N) is 1. The Balaban J connectivity index is 2.16. The smallest absolute Gasteiger partial charge is 0.274 e. The Kier molecular flexibility index (Phi) is 4.80. The van der Waals surface area contributed by atoms with Crippen LogP contribution in [-0.2, 0) is 0 Å². The molecule has 0 aliphatic carbocycles. The number of pyridine rings is 1. The van der Waals surface area contributed by atoms with Gasteiger partial charge in [0, 0.05) is 25.7 Å². The van der Waals surface area contributed by atoms with Crippen molar-refractivity contribution in [2.24, 2.45) is 5.84 Å². The van der Waals surface area contributed by atoms with E-state index in [2.05, 4.69) is 29.2 Å². The third-order valence-corrected chi connectivity index (χ3v) is 3.96. The number of hydrogen-bond acceptors (Lipinski definition) is 5. The number of rotatable bonds is 3. The van der Waals surface area contributed by atoms with Gasteiger partial charge in [-0.2, -0.15) is 0 Å². The monoisotopic (exact) mass is 297 g/mol. The molecule has 1 unspecified atom stereocenters. The Labute approximate surface area is 123 Å². The summed E-state index contributed by atoms with van der Waals surface area (Å²) in [6.07, 6.45) is 0. The molecular weight excluding hydrogens is 278 g/mol. The zero-order valence-electron chi connectivity index (χ0n) is 11.8. The molecule has 0 aromatic carbocycles. The van der Waals surface area contributed by atoms with Gasteiger partial charge in [-0.3, -0.25) is 9.69 Å². The first kappa shape index (κ1) is 15.0. The number of likely N-dealkylation sites (N-methyl/N-ethyl adjacent to an activating group) is 1. The molecule has 1 aliphatic heterocycles. The Morgan fingerprint density at radius 2 is 2.30 bits per heavy atom. The van der Waals surface area contributed by atoms with Crippen molar-refractivity contribution in [2.45, 2.75) is 19.9 Å². The normalized spacial score (nSPS) is 20.0. The van der Waals surface area contributed by atoms with Crippen molar-refractivity contribution in [3.8, 4) is 0 Å². The summed E-state index contributed by atoms with van der Waals surface area (Å²) < 4.78 is 0. The molecule has 1 fully saturated rings. The van der Waals surface area contributed by atoms with Crippen molar-refractivity contribution in [1.82, 2.24) is 14.8 Å². The van der Waals surface area contributed by atoms with Crippen molar-refractivity contribution in [3.63, 3.8) is 0 Å². The molecule has 0 bridgehead atoms. The van der Waals surface area contributed by atoms with E-state index in [1.54, 1.807) is 17.0 Å². The predicted molar refractivity (Wildman–Crippen MR) is 79.7 cm³/mol. The molecule has 1 aromatic heterocycles. The number of carbonyl (C=O) groups is 1. The maximum absolute atomic E-state index is 12.5. The molecule has 3 N–H and O–H groups in total. The van der Waals surface area contributed by atoms with E-state index in [0.29, 0.717) is 30.0 Å². The molecule has 2 heterocycles. The first-order valence-corrected chi connectivity index (χ1v) is 7.11. The number of piperazine rings is 1. The van der Waals surface area contributed by atoms with E-state index in [4.69, 9.17) is 17.4 Å². The van der Waals surface area contributed by atoms with Crippen LogP contribution < -0.4 is 11.3 Å². The lowest BCUT2D eigenvalue weighted by Crippen LogP contribution is -2.53. The van der Waals surface area contributed by atoms with Crippen molar-refractivity contribution in [2.75, 3.05) is 31.6 Å². The van der Waals surface area contributed by atoms with E-state index >= 15 is 0 Å². The first-order chi connectivity index (χ1) is 9.56. The molecule has 1 atom stereocenters. The highest BCUT2D eigenvalue weighted by molar-refractivity contribution is 6.33. The molecule has 1 amide bonds. The quantitative estimate of drug-likeness (QED) is 0.647. The minimum Gasteiger partial charge on any atom is -0.334 e. The van der Waals surface area contributed by atoms with E-state index in [1.165, 1.54) is 0 Å². The average Bonchev–Trinajstić information content (AvgIpc) is 2.47. The summed E-state index contributed by atoms with van der Waals surface area (Å²) in [6, 6.07) is 3.60. The van der Waals surface area contributed by atoms with Crippen LogP contribution in [0.25, 0.3) is 0 Å². The Morgan fingerprint density at radius 3 is 2.90 bits per heavy atom. The van der Waals surface area contributed by atoms with Crippen molar-refractivity contribution >= 4 is 23.3 Å². The average molecular weight is 298 g/mol. The minimum absolute atomic E-state index is 0.144. The highest BCUT2D eigenvalue weighted by Gasteiger charge is 2.28. The largest absolute Gasteiger partial charge is 0.334 e. The summed E-state index contributed by atoms with van der Waals surface area (Å²) in [7, 11) is 0. The van der Waals surface area contributed by atoms with Crippen molar-refractivity contribution in [3.05, 3.63) is 22.8 Å². The van der Waals surface area contributed by atoms with E-state index in [1.807, 2.05) is 0 Å². The van der Waals surface area contributed by atoms with Gasteiger partial charge in [0.25, 0.3) is 5.91 Å². The standard InChI is InChI=1S/C13H20ClN5O/c1-3-18-6-7-19(8-9(18)2)13(20)12-10(14)4-5-11(16-12)17-15/h4-5,9H,3,6-8,15H2,1-2H3,(H,16,17). The zero-order valence-corrected chi connectivity index (χ0v) is 12.5. The molecule has 0 spiro atoms. The number of hydrazine groups is 1. The van der Waals surface area contributed by atoms with E-state index < -0.39 is 0 Å². The molecule has 110 valence electrons. The fourth-order valence-electron chi connectivity index (χ4n) is 2.47. The van der Waals surface area contributed by atoms with Gasteiger partial charge in [0.2, 0.25) is 0 Å². The highest BCUT2D eigenvalue weighted by Crippen LogP contribution is 2.20. The maximum Gasteiger partial charge on any atom is 0.274 e. The second kappa shape index (κ2) is 6.39. The SMILES string of the molecule is CCN1CCN(C(=O)c2nc(NN)ccc2Cl)CC1C. The molecule has 0 radical (unpaired) electrons. The molecule has 0 saturated carbocycles. The van der Waals surface area contributed by atoms with Gasteiger partial charge in [-0.1, -0.05) is 18.5 Å². The topological polar surface area (TPSA) is 74.5 Å². The Morgan fingerprint density at radius 1 is 1.55 bits per heavy atom. The number of nitrogen functional groups attached to an aromatic ring is 1. The third-order valence-electron chi connectivity index (χ3n) is 3.65. The molecule has 1 aromatic rings. The highest BCUT2D eigenvalue weighted by atomic mass is 35.5. The summed E-state index contributed by atoms with van der Waals surface area (Å²) in [4.78, 5) is 20.8. The predicted octanol–water partition coefficient (Wildman–Crippen LogP) is 1.19. The maximum atomic E-state index is 12.5. The molecule has 2 rings (SSSR count). The summed E-state index contributed by atoms with van der Waals surface area (Å²) >= 11 is 6.07. The van der Waals surface area contributed by atoms with Gasteiger partial charge in [0.15, 0.2) is 0 Å². The molecule has 7 heteroatoms. The van der Waals surface area contributed by atoms with Gasteiger partial charge in [0.1, 0.15) is 11.5 Å². The third kappa shape index (κ3) is 3.03. The van der Waals surface area contributed by atoms with Crippen LogP contribution in [0.4, 0.5) is 5.82 Å². The van der Waals surface area contributed by atoms with Crippen LogP contribution in [-0.4, -0.2) is 52.9 Å². The molecular formula is C13H20ClN5O. The van der Waals surface area contributed by atoms with Gasteiger partial charge in [-0.15, -0.1) is 0 Å². The van der Waals surface area contributed by atoms with Crippen LogP contribution in [0.15, 0.2) is 12.1 Å². The first-order valence-electron chi connectivity index (χ1n) is 6.73. The van der Waals surface area contributed by atoms with Crippen molar-refractivity contribution in [1.29, 1.82) is 0 Å². The van der Waals surface area contributed by atoms with Gasteiger partial charge >= 0.3 is 0 Å². The van der Waals surface area contributed by atoms with Crippen LogP contribution >= 0.6 is 11.6 Å². The number of carbonyl (C=O) groups excluding carboxylic acids is 1. The second-order valence-electron chi connectivity index (χ2n) is 4.90. The number of nitrogens with one attached hydrogen (secondary N) is 1. The number of aromatic nitrogens is 1. The van der Waals surface area contributed by atoms with Gasteiger partial charge in [-0.25, -0.2) is 10.8 Å². The number of hydrogen-bond donors (Lipinski definition) is 2. The molecule has 1 saturated heterocycles. The number of anilines is 1. The van der Waals surface area contributed by atoms with Crippen LogP contribution in [0, 0.1) is 0 Å². The summed E-state index contributed by atoms with van der Waals surface area (Å²) in [6.45, 7) is 7.49. The lowest BCUT2D eigenvalue weighted by atomic mass is 10.1. The summed E-state index contributed by atoms with van der Waals surface area (Å²) in [5, 5.41) is 0.347. The molecule has 20 heavy (non-hydrogen) atoms. The summed E-state index contributed by atoms with van der Waals surface area (Å²) in [5.74, 6) is 5.60. The molecule has 6 nitrogen and oxygen atoms in total. The van der Waals surface area contributed by atoms with E-state index in [0.717, 1.165) is 13.1 Å². The Hall–Kier alpha value is -1.37. The van der Waals surface area contributed by atoms with Gasteiger partial charge in [0.05, 0.1) is 5.02 Å². The van der Waals surface area contributed by atoms with E-state index in [9.17, 15) is 4.79 Å². The van der Waals surface area contributed by atoms with Crippen molar-refractivity contribution < 1.29 is 4.79 Å². The van der Waals surface area contributed by atoms with Crippen LogP contribution in [0.5, 0.6) is 0 Å². The summed E-state index contributed by atoms with van der Waals surface area (Å²) in [5.41, 5.74) is 2.68. The van der Waals surface area contributed by atoms with Gasteiger partial charge < -0.3 is 10.3 Å². The number of nitrogens with zero attached hydrogens (tertiary/aromatic N) is 3. The fraction of sp³-hybridized carbons (Fsp3) is 0.538. The number of halogens is 1. The van der Waals surface area contributed by atoms with E-state index in [-0.39, 0.29) is 11.6 Å². The second-order valence-corrected chi connectivity index (χ2v) is 5.31. The lowest BCUT2D eigenvalue weighted by molar-refractivity contribution is 0.0523. The molecule has 1 aliphatic rings. The van der Waals surface area contributed by atoms with Crippen LogP contribution in [0.1, 0.15) is 24.3 Å². The van der Waals surface area contributed by atoms with Crippen LogP contribution in [0.3, 0.4) is 0 Å². The Bertz CT molecular complexity index is 496. The number of amides is 1.